The highest BCUT2D eigenvalue weighted by Gasteiger charge is 2.19. The zero-order valence-electron chi connectivity index (χ0n) is 54.4. The minimum atomic E-state index is -0.795. The Morgan fingerprint density at radius 1 is 0.253 bits per heavy atom. The van der Waals surface area contributed by atoms with Gasteiger partial charge < -0.3 is 14.2 Å². The summed E-state index contributed by atoms with van der Waals surface area (Å²) in [4.78, 5) is 38.4. The molecule has 0 spiro atoms. The summed E-state index contributed by atoms with van der Waals surface area (Å²) in [6.45, 7) is 6.53. The molecule has 0 rings (SSSR count). The van der Waals surface area contributed by atoms with Crippen molar-refractivity contribution in [2.45, 2.75) is 335 Å². The molecule has 0 aliphatic heterocycles. The van der Waals surface area contributed by atoms with Gasteiger partial charge in [0.1, 0.15) is 13.2 Å². The summed E-state index contributed by atoms with van der Waals surface area (Å²) in [5, 5.41) is 0. The number of carbonyl (C=O) groups excluding carboxylic acids is 3. The summed E-state index contributed by atoms with van der Waals surface area (Å²) in [6.07, 6.45) is 97.9. The lowest BCUT2D eigenvalue weighted by Crippen LogP contribution is -2.30. The summed E-state index contributed by atoms with van der Waals surface area (Å²) >= 11 is 0. The fourth-order valence-corrected chi connectivity index (χ4v) is 9.73. The lowest BCUT2D eigenvalue weighted by Gasteiger charge is -2.18. The van der Waals surface area contributed by atoms with Crippen LogP contribution in [-0.2, 0) is 28.6 Å². The molecular formula is C77H130O6. The molecule has 0 heterocycles. The molecule has 0 aromatic heterocycles. The third kappa shape index (κ3) is 68.5. The van der Waals surface area contributed by atoms with Crippen LogP contribution < -0.4 is 0 Å². The fraction of sp³-hybridized carbons (Fsp3) is 0.701. The molecule has 0 aromatic carbocycles. The largest absolute Gasteiger partial charge is 0.462 e. The van der Waals surface area contributed by atoms with Gasteiger partial charge in [-0.2, -0.15) is 0 Å². The van der Waals surface area contributed by atoms with E-state index in [4.69, 9.17) is 14.2 Å². The van der Waals surface area contributed by atoms with Crippen molar-refractivity contribution in [3.8, 4) is 0 Å². The summed E-state index contributed by atoms with van der Waals surface area (Å²) in [6, 6.07) is 0. The number of rotatable bonds is 63. The van der Waals surface area contributed by atoms with Crippen molar-refractivity contribution in [3.63, 3.8) is 0 Å². The number of allylic oxidation sites excluding steroid dienone is 20. The Labute approximate surface area is 513 Å². The van der Waals surface area contributed by atoms with E-state index in [2.05, 4.69) is 142 Å². The Bertz CT molecular complexity index is 1700. The number of ether oxygens (including phenoxy) is 3. The van der Waals surface area contributed by atoms with Crippen molar-refractivity contribution in [2.75, 3.05) is 13.2 Å². The smallest absolute Gasteiger partial charge is 0.306 e. The normalized spacial score (nSPS) is 12.9. The maximum atomic E-state index is 12.9. The van der Waals surface area contributed by atoms with Gasteiger partial charge in [0.05, 0.1) is 0 Å². The van der Waals surface area contributed by atoms with Gasteiger partial charge in [0.2, 0.25) is 0 Å². The third-order valence-corrected chi connectivity index (χ3v) is 15.0. The van der Waals surface area contributed by atoms with Crippen LogP contribution in [0.25, 0.3) is 0 Å². The van der Waals surface area contributed by atoms with Crippen LogP contribution in [0.15, 0.2) is 122 Å². The van der Waals surface area contributed by atoms with Gasteiger partial charge in [-0.1, -0.05) is 316 Å². The summed E-state index contributed by atoms with van der Waals surface area (Å²) in [5.41, 5.74) is 0. The maximum Gasteiger partial charge on any atom is 0.306 e. The minimum Gasteiger partial charge on any atom is -0.462 e. The monoisotopic (exact) mass is 1150 g/mol. The van der Waals surface area contributed by atoms with Crippen LogP contribution >= 0.6 is 0 Å². The van der Waals surface area contributed by atoms with Gasteiger partial charge in [0.25, 0.3) is 0 Å². The summed E-state index contributed by atoms with van der Waals surface area (Å²) in [5.74, 6) is -0.914. The van der Waals surface area contributed by atoms with Crippen molar-refractivity contribution in [3.05, 3.63) is 122 Å². The van der Waals surface area contributed by atoms with Gasteiger partial charge in [-0.3, -0.25) is 14.4 Å². The standard InChI is InChI=1S/C77H130O6/c1-4-7-10-13-16-19-22-25-27-29-31-33-34-35-36-37-38-39-40-41-42-44-45-47-49-52-55-58-61-64-67-70-76(79)82-73-74(72-81-75(78)69-66-63-60-57-54-51-24-21-18-15-12-9-6-3)83-77(80)71-68-65-62-59-56-53-50-48-46-43-32-30-28-26-23-20-17-14-11-8-5-2/h7,10,16,19,25,27,30-33,35-36,38-39,41-42,45,47,52,55,74H,4-6,8-9,11-15,17-18,20-24,26,28-29,34,37,40,43-44,46,48-51,53-54,56-73H2,1-3H3/b10-7-,19-16-,27-25-,32-30-,33-31-,36-35-,39-38-,42-41-,47-45-,55-52-. The summed E-state index contributed by atoms with van der Waals surface area (Å²) < 4.78 is 16.9. The SMILES string of the molecule is CC/C=C\C/C=C\C/C=C\C/C=C\C/C=C\C/C=C\C/C=C\C/C=C\C/C=C\CCCCCC(=O)OCC(COC(=O)CCCCCCCCCCCCCCC)OC(=O)CCCCCCCCCCC/C=C\CCCCCCCCCC. The molecule has 0 bridgehead atoms. The molecule has 0 aromatic rings. The average molecular weight is 1150 g/mol. The molecule has 0 radical (unpaired) electrons. The zero-order chi connectivity index (χ0) is 59.9. The van der Waals surface area contributed by atoms with Crippen LogP contribution in [0.3, 0.4) is 0 Å². The van der Waals surface area contributed by atoms with Crippen LogP contribution in [0.1, 0.15) is 329 Å². The van der Waals surface area contributed by atoms with Gasteiger partial charge in [-0.25, -0.2) is 0 Å². The number of unbranched alkanes of at least 4 members (excludes halogenated alkanes) is 32. The first-order valence-corrected chi connectivity index (χ1v) is 35.0. The Kier molecular flexibility index (Phi) is 66.7. The Balaban J connectivity index is 4.37. The molecule has 83 heavy (non-hydrogen) atoms. The van der Waals surface area contributed by atoms with Crippen molar-refractivity contribution >= 4 is 17.9 Å². The molecule has 0 amide bonds. The molecule has 6 nitrogen and oxygen atoms in total. The lowest BCUT2D eigenvalue weighted by atomic mass is 10.0. The van der Waals surface area contributed by atoms with Crippen molar-refractivity contribution in [2.24, 2.45) is 0 Å². The highest BCUT2D eigenvalue weighted by atomic mass is 16.6. The van der Waals surface area contributed by atoms with Crippen LogP contribution in [0.4, 0.5) is 0 Å². The third-order valence-electron chi connectivity index (χ3n) is 15.0. The number of hydrogen-bond donors (Lipinski definition) is 0. The van der Waals surface area contributed by atoms with Crippen molar-refractivity contribution in [1.82, 2.24) is 0 Å². The highest BCUT2D eigenvalue weighted by Crippen LogP contribution is 2.16. The predicted octanol–water partition coefficient (Wildman–Crippen LogP) is 24.3. The highest BCUT2D eigenvalue weighted by molar-refractivity contribution is 5.71. The second-order valence-corrected chi connectivity index (χ2v) is 23.1. The van der Waals surface area contributed by atoms with Crippen LogP contribution in [0, 0.1) is 0 Å². The zero-order valence-corrected chi connectivity index (χ0v) is 54.4. The second kappa shape index (κ2) is 70.3. The molecule has 1 atom stereocenters. The van der Waals surface area contributed by atoms with Crippen molar-refractivity contribution in [1.29, 1.82) is 0 Å². The number of hydrogen-bond acceptors (Lipinski definition) is 6. The Morgan fingerprint density at radius 2 is 0.470 bits per heavy atom. The van der Waals surface area contributed by atoms with E-state index >= 15 is 0 Å². The first-order valence-electron chi connectivity index (χ1n) is 35.0. The average Bonchev–Trinajstić information content (AvgIpc) is 3.49. The number of carbonyl (C=O) groups is 3. The van der Waals surface area contributed by atoms with E-state index < -0.39 is 6.10 Å². The van der Waals surface area contributed by atoms with Crippen LogP contribution in [0.2, 0.25) is 0 Å². The van der Waals surface area contributed by atoms with Gasteiger partial charge >= 0.3 is 17.9 Å². The Hall–Kier alpha value is -4.19. The molecule has 0 aliphatic rings. The van der Waals surface area contributed by atoms with E-state index in [1.54, 1.807) is 0 Å². The van der Waals surface area contributed by atoms with E-state index in [1.807, 2.05) is 0 Å². The summed E-state index contributed by atoms with van der Waals surface area (Å²) in [7, 11) is 0. The fourth-order valence-electron chi connectivity index (χ4n) is 9.73. The van der Waals surface area contributed by atoms with Gasteiger partial charge in [-0.15, -0.1) is 0 Å². The van der Waals surface area contributed by atoms with Crippen molar-refractivity contribution < 1.29 is 28.6 Å². The lowest BCUT2D eigenvalue weighted by molar-refractivity contribution is -0.167. The molecule has 0 saturated heterocycles. The van der Waals surface area contributed by atoms with Crippen LogP contribution in [0.5, 0.6) is 0 Å². The molecule has 6 heteroatoms. The second-order valence-electron chi connectivity index (χ2n) is 23.1. The predicted molar refractivity (Wildman–Crippen MR) is 362 cm³/mol. The maximum absolute atomic E-state index is 12.9. The van der Waals surface area contributed by atoms with Gasteiger partial charge in [-0.05, 0) is 116 Å². The molecule has 0 N–H and O–H groups in total. The quantitative estimate of drug-likeness (QED) is 0.0261. The molecule has 0 saturated carbocycles. The van der Waals surface area contributed by atoms with E-state index in [9.17, 15) is 14.4 Å². The molecular weight excluding hydrogens is 1020 g/mol. The molecule has 0 fully saturated rings. The molecule has 474 valence electrons. The van der Waals surface area contributed by atoms with E-state index in [0.717, 1.165) is 122 Å². The molecule has 0 aliphatic carbocycles. The first-order chi connectivity index (χ1) is 41.0. The Morgan fingerprint density at radius 3 is 0.759 bits per heavy atom. The van der Waals surface area contributed by atoms with E-state index in [0.29, 0.717) is 19.3 Å². The molecule has 1 unspecified atom stereocenters. The first kappa shape index (κ1) is 78.8. The van der Waals surface area contributed by atoms with Gasteiger partial charge in [0, 0.05) is 19.3 Å². The van der Waals surface area contributed by atoms with E-state index in [-0.39, 0.29) is 31.1 Å². The van der Waals surface area contributed by atoms with Crippen LogP contribution in [-0.4, -0.2) is 37.2 Å². The minimum absolute atomic E-state index is 0.0881. The van der Waals surface area contributed by atoms with E-state index in [1.165, 1.54) is 167 Å². The topological polar surface area (TPSA) is 78.9 Å². The number of esters is 3. The van der Waals surface area contributed by atoms with Gasteiger partial charge in [0.15, 0.2) is 6.10 Å².